The molecule has 0 aliphatic carbocycles. The molecule has 10 N–H and O–H groups in total. The van der Waals surface area contributed by atoms with Crippen molar-refractivity contribution < 1.29 is 43.8 Å². The molecule has 18 nitrogen and oxygen atoms in total. The molecular formula is C45H63N9O9. The lowest BCUT2D eigenvalue weighted by atomic mass is 9.96. The third-order valence-electron chi connectivity index (χ3n) is 11.3. The Morgan fingerprint density at radius 2 is 1.40 bits per heavy atom. The van der Waals surface area contributed by atoms with Gasteiger partial charge in [0, 0.05) is 37.7 Å². The fourth-order valence-corrected chi connectivity index (χ4v) is 7.43. The van der Waals surface area contributed by atoms with Crippen LogP contribution < -0.4 is 32.3 Å². The van der Waals surface area contributed by atoms with Crippen LogP contribution in [0.5, 0.6) is 5.75 Å². The van der Waals surface area contributed by atoms with E-state index in [-0.39, 0.29) is 38.0 Å². The summed E-state index contributed by atoms with van der Waals surface area (Å²) in [5, 5.41) is 33.6. The first-order valence-electron chi connectivity index (χ1n) is 21.6. The number of aromatic amines is 1. The van der Waals surface area contributed by atoms with Gasteiger partial charge in [-0.25, -0.2) is 9.78 Å². The van der Waals surface area contributed by atoms with Crippen LogP contribution >= 0.6 is 0 Å². The highest BCUT2D eigenvalue weighted by Gasteiger charge is 2.41. The summed E-state index contributed by atoms with van der Waals surface area (Å²) in [6, 6.07) is 7.07. The molecule has 0 saturated carbocycles. The van der Waals surface area contributed by atoms with Gasteiger partial charge in [0.25, 0.3) is 0 Å². The third kappa shape index (κ3) is 14.4. The van der Waals surface area contributed by atoms with Gasteiger partial charge in [-0.3, -0.25) is 28.8 Å². The molecule has 6 amide bonds. The standard InChI is InChI=1S/C45H63N9O9/c1-6-12-32(46)39(56)52-37(26(3)4)42(59)49-33(21-29-16-18-31(55)19-17-29)40(57)53-38(27(5)7-2)43(60)50-34(23-30-24-47-25-48-30)44(61)54-20-11-15-36(54)41(58)51-35(45(62)63)22-28-13-9-8-10-14-28/h8-10,13-14,16-19,24-27,32-38,55H,6-7,11-12,15,20-23,46H2,1-5H3,(H,47,48)(H,49,59)(H,50,60)(H,51,58)(H,52,56)(H,53,57)(H,62,63)/t27-,32-,33-,34-,35-,36-,37-,38-/m0/s1. The molecule has 3 aromatic rings. The predicted octanol–water partition coefficient (Wildman–Crippen LogP) is 1.47. The monoisotopic (exact) mass is 873 g/mol. The van der Waals surface area contributed by atoms with E-state index in [9.17, 15) is 43.8 Å². The number of amides is 6. The maximum atomic E-state index is 14.4. The van der Waals surface area contributed by atoms with Crippen molar-refractivity contribution in [1.82, 2.24) is 41.5 Å². The molecule has 63 heavy (non-hydrogen) atoms. The number of rotatable bonds is 23. The highest BCUT2D eigenvalue weighted by molar-refractivity contribution is 5.97. The van der Waals surface area contributed by atoms with Gasteiger partial charge in [0.05, 0.1) is 12.4 Å². The first kappa shape index (κ1) is 49.4. The number of likely N-dealkylation sites (tertiary alicyclic amines) is 1. The maximum Gasteiger partial charge on any atom is 0.326 e. The number of nitrogens with two attached hydrogens (primary N) is 1. The van der Waals surface area contributed by atoms with Gasteiger partial charge in [0.2, 0.25) is 35.4 Å². The Bertz CT molecular complexity index is 2000. The molecule has 1 aromatic heterocycles. The summed E-state index contributed by atoms with van der Waals surface area (Å²) in [5.74, 6) is -5.89. The summed E-state index contributed by atoms with van der Waals surface area (Å²) in [6.45, 7) is 9.12. The second-order valence-corrected chi connectivity index (χ2v) is 16.5. The minimum Gasteiger partial charge on any atom is -0.508 e. The number of benzene rings is 2. The largest absolute Gasteiger partial charge is 0.508 e. The van der Waals surface area contributed by atoms with Gasteiger partial charge in [-0.05, 0) is 54.4 Å². The molecule has 1 saturated heterocycles. The molecule has 1 fully saturated rings. The van der Waals surface area contributed by atoms with E-state index in [1.807, 2.05) is 13.8 Å². The molecule has 18 heteroatoms. The van der Waals surface area contributed by atoms with Crippen molar-refractivity contribution >= 4 is 41.4 Å². The third-order valence-corrected chi connectivity index (χ3v) is 11.3. The zero-order chi connectivity index (χ0) is 46.2. The van der Waals surface area contributed by atoms with Crippen LogP contribution in [0.2, 0.25) is 0 Å². The van der Waals surface area contributed by atoms with Crippen molar-refractivity contribution in [1.29, 1.82) is 0 Å². The lowest BCUT2D eigenvalue weighted by Gasteiger charge is -2.32. The number of carbonyl (C=O) groups is 7. The lowest BCUT2D eigenvalue weighted by Crippen LogP contribution is -2.61. The molecule has 8 atom stereocenters. The number of aromatic nitrogens is 2. The SMILES string of the molecule is CCC[C@H](N)C(=O)N[C@H](C(=O)N[C@@H](Cc1ccc(O)cc1)C(=O)N[C@H](C(=O)N[C@@H](Cc1cnc[nH]1)C(=O)N1CCC[C@H]1C(=O)N[C@@H](Cc1ccccc1)C(=O)O)[C@@H](C)CC)C(C)C. The number of phenols is 1. The van der Waals surface area contributed by atoms with E-state index < -0.39 is 95.5 Å². The van der Waals surface area contributed by atoms with Crippen molar-refractivity contribution in [3.63, 3.8) is 0 Å². The summed E-state index contributed by atoms with van der Waals surface area (Å²) >= 11 is 0. The molecule has 2 aromatic carbocycles. The van der Waals surface area contributed by atoms with E-state index in [2.05, 4.69) is 36.6 Å². The normalized spacial score (nSPS) is 17.0. The molecule has 1 aliphatic heterocycles. The van der Waals surface area contributed by atoms with E-state index in [4.69, 9.17) is 5.73 Å². The van der Waals surface area contributed by atoms with Gasteiger partial charge in [-0.15, -0.1) is 0 Å². The first-order chi connectivity index (χ1) is 30.0. The van der Waals surface area contributed by atoms with Crippen LogP contribution in [0.4, 0.5) is 0 Å². The Kier molecular flexibility index (Phi) is 18.6. The zero-order valence-electron chi connectivity index (χ0n) is 36.6. The average molecular weight is 874 g/mol. The molecule has 0 spiro atoms. The van der Waals surface area contributed by atoms with Crippen LogP contribution in [0.25, 0.3) is 0 Å². The van der Waals surface area contributed by atoms with Crippen LogP contribution in [-0.4, -0.2) is 115 Å². The highest BCUT2D eigenvalue weighted by atomic mass is 16.4. The molecule has 2 heterocycles. The Morgan fingerprint density at radius 1 is 0.778 bits per heavy atom. The highest BCUT2D eigenvalue weighted by Crippen LogP contribution is 2.21. The summed E-state index contributed by atoms with van der Waals surface area (Å²) < 4.78 is 0. The Hall–Kier alpha value is -6.30. The maximum absolute atomic E-state index is 14.4. The Morgan fingerprint density at radius 3 is 2.00 bits per heavy atom. The molecule has 0 unspecified atom stereocenters. The van der Waals surface area contributed by atoms with Crippen LogP contribution in [0, 0.1) is 11.8 Å². The first-order valence-corrected chi connectivity index (χ1v) is 21.6. The summed E-state index contributed by atoms with van der Waals surface area (Å²) in [6.07, 6.45) is 5.07. The van der Waals surface area contributed by atoms with Gasteiger partial charge in [-0.2, -0.15) is 0 Å². The fourth-order valence-electron chi connectivity index (χ4n) is 7.43. The van der Waals surface area contributed by atoms with Crippen molar-refractivity contribution in [2.45, 2.75) is 128 Å². The number of H-pyrrole nitrogens is 1. The fraction of sp³-hybridized carbons (Fsp3) is 0.511. The average Bonchev–Trinajstić information content (AvgIpc) is 3.97. The number of phenolic OH excluding ortho intramolecular Hbond substituents is 1. The Balaban J connectivity index is 1.57. The number of nitrogens with zero attached hydrogens (tertiary/aromatic N) is 2. The summed E-state index contributed by atoms with van der Waals surface area (Å²) in [4.78, 5) is 104. The van der Waals surface area contributed by atoms with Crippen LogP contribution in [-0.2, 0) is 52.8 Å². The van der Waals surface area contributed by atoms with Gasteiger partial charge in [0.15, 0.2) is 0 Å². The van der Waals surface area contributed by atoms with E-state index in [0.29, 0.717) is 42.5 Å². The van der Waals surface area contributed by atoms with Crippen molar-refractivity contribution in [2.24, 2.45) is 17.6 Å². The molecule has 0 radical (unpaired) electrons. The lowest BCUT2D eigenvalue weighted by molar-refractivity contribution is -0.145. The predicted molar refractivity (Wildman–Crippen MR) is 233 cm³/mol. The van der Waals surface area contributed by atoms with E-state index in [0.717, 1.165) is 0 Å². The number of carboxylic acid groups (broad SMARTS) is 1. The van der Waals surface area contributed by atoms with Gasteiger partial charge in [0.1, 0.15) is 42.0 Å². The number of hydrogen-bond donors (Lipinski definition) is 9. The minimum atomic E-state index is -1.26. The topological polar surface area (TPSA) is 278 Å². The van der Waals surface area contributed by atoms with E-state index >= 15 is 0 Å². The summed E-state index contributed by atoms with van der Waals surface area (Å²) in [7, 11) is 0. The molecule has 342 valence electrons. The molecule has 0 bridgehead atoms. The van der Waals surface area contributed by atoms with Crippen LogP contribution in [0.3, 0.4) is 0 Å². The smallest absolute Gasteiger partial charge is 0.326 e. The number of aromatic hydroxyl groups is 1. The van der Waals surface area contributed by atoms with Gasteiger partial charge < -0.3 is 52.4 Å². The molecular weight excluding hydrogens is 811 g/mol. The van der Waals surface area contributed by atoms with Crippen molar-refractivity contribution in [3.05, 3.63) is 83.9 Å². The van der Waals surface area contributed by atoms with Crippen molar-refractivity contribution in [2.75, 3.05) is 6.54 Å². The van der Waals surface area contributed by atoms with Crippen LogP contribution in [0.15, 0.2) is 67.1 Å². The number of hydrogen-bond acceptors (Lipinski definition) is 10. The number of imidazole rings is 1. The van der Waals surface area contributed by atoms with Crippen LogP contribution in [0.1, 0.15) is 83.5 Å². The van der Waals surface area contributed by atoms with Gasteiger partial charge >= 0.3 is 5.97 Å². The van der Waals surface area contributed by atoms with Crippen molar-refractivity contribution in [3.8, 4) is 5.75 Å². The second-order valence-electron chi connectivity index (χ2n) is 16.5. The summed E-state index contributed by atoms with van der Waals surface area (Å²) in [5.41, 5.74) is 7.82. The number of nitrogens with one attached hydrogen (secondary N) is 6. The zero-order valence-corrected chi connectivity index (χ0v) is 36.6. The number of carboxylic acids is 1. The minimum absolute atomic E-state index is 0.00378. The second kappa shape index (κ2) is 23.8. The quantitative estimate of drug-likeness (QED) is 0.0658. The Labute approximate surface area is 367 Å². The number of carbonyl (C=O) groups excluding carboxylic acids is 6. The van der Waals surface area contributed by atoms with E-state index in [1.54, 1.807) is 63.2 Å². The molecule has 4 rings (SSSR count). The van der Waals surface area contributed by atoms with Gasteiger partial charge in [-0.1, -0.05) is 89.9 Å². The molecule has 1 aliphatic rings. The number of aliphatic carboxylic acids is 1. The van der Waals surface area contributed by atoms with E-state index in [1.165, 1.54) is 29.6 Å².